The molecule has 1 aliphatic heterocycles. The molecule has 0 bridgehead atoms. The molecular weight excluding hydrogens is 406 g/mol. The van der Waals surface area contributed by atoms with Crippen LogP contribution in [0, 0.1) is 6.92 Å². The molecule has 0 spiro atoms. The van der Waals surface area contributed by atoms with E-state index in [2.05, 4.69) is 10.4 Å². The van der Waals surface area contributed by atoms with Gasteiger partial charge in [-0.3, -0.25) is 9.59 Å². The third kappa shape index (κ3) is 4.16. The van der Waals surface area contributed by atoms with E-state index >= 15 is 0 Å². The van der Waals surface area contributed by atoms with Crippen molar-refractivity contribution in [2.45, 2.75) is 19.9 Å². The smallest absolute Gasteiger partial charge is 0.276 e. The number of benzene rings is 2. The Morgan fingerprint density at radius 3 is 2.73 bits per heavy atom. The molecule has 7 nitrogen and oxygen atoms in total. The van der Waals surface area contributed by atoms with Gasteiger partial charge in [0, 0.05) is 24.7 Å². The molecule has 2 aromatic carbocycles. The number of fused-ring (bicyclic) bond motifs is 1. The van der Waals surface area contributed by atoms with Crippen LogP contribution >= 0.6 is 11.6 Å². The van der Waals surface area contributed by atoms with Gasteiger partial charge in [0.05, 0.1) is 23.9 Å². The number of para-hydroxylation sites is 1. The summed E-state index contributed by atoms with van der Waals surface area (Å²) in [5, 5.41) is 7.43. The van der Waals surface area contributed by atoms with Crippen LogP contribution in [0.15, 0.2) is 53.3 Å². The SMILES string of the molecule is Cc1cc(=O)c(C(=O)NCc2cc(Cl)c3c(c2)OCCCO3)nn1-c1ccccc1. The average molecular weight is 426 g/mol. The van der Waals surface area contributed by atoms with Gasteiger partial charge in [0.15, 0.2) is 17.2 Å². The van der Waals surface area contributed by atoms with Crippen molar-refractivity contribution < 1.29 is 14.3 Å². The zero-order chi connectivity index (χ0) is 21.1. The van der Waals surface area contributed by atoms with Gasteiger partial charge in [-0.05, 0) is 36.8 Å². The highest BCUT2D eigenvalue weighted by atomic mass is 35.5. The van der Waals surface area contributed by atoms with Crippen molar-refractivity contribution in [2.24, 2.45) is 0 Å². The molecule has 1 aliphatic rings. The van der Waals surface area contributed by atoms with Gasteiger partial charge in [-0.25, -0.2) is 4.68 Å². The van der Waals surface area contributed by atoms with E-state index in [1.54, 1.807) is 23.7 Å². The van der Waals surface area contributed by atoms with Crippen LogP contribution in [0.3, 0.4) is 0 Å². The summed E-state index contributed by atoms with van der Waals surface area (Å²) in [7, 11) is 0. The number of rotatable bonds is 4. The number of hydrogen-bond acceptors (Lipinski definition) is 5. The lowest BCUT2D eigenvalue weighted by molar-refractivity contribution is 0.0943. The molecule has 3 aromatic rings. The zero-order valence-corrected chi connectivity index (χ0v) is 17.1. The fraction of sp³-hybridized carbons (Fsp3) is 0.227. The minimum Gasteiger partial charge on any atom is -0.489 e. The monoisotopic (exact) mass is 425 g/mol. The Bertz CT molecular complexity index is 1150. The zero-order valence-electron chi connectivity index (χ0n) is 16.4. The number of amides is 1. The molecule has 0 saturated carbocycles. The van der Waals surface area contributed by atoms with E-state index in [1.807, 2.05) is 30.3 Å². The van der Waals surface area contributed by atoms with E-state index in [4.69, 9.17) is 21.1 Å². The number of aryl methyl sites for hydroxylation is 1. The Morgan fingerprint density at radius 2 is 1.93 bits per heavy atom. The highest BCUT2D eigenvalue weighted by molar-refractivity contribution is 6.32. The average Bonchev–Trinajstić information content (AvgIpc) is 2.99. The van der Waals surface area contributed by atoms with E-state index in [1.165, 1.54) is 6.07 Å². The molecule has 0 aliphatic carbocycles. The third-order valence-corrected chi connectivity index (χ3v) is 4.92. The number of aromatic nitrogens is 2. The summed E-state index contributed by atoms with van der Waals surface area (Å²) in [5.74, 6) is 0.493. The normalized spacial score (nSPS) is 12.9. The van der Waals surface area contributed by atoms with Gasteiger partial charge in [0.1, 0.15) is 0 Å². The molecule has 2 heterocycles. The largest absolute Gasteiger partial charge is 0.489 e. The summed E-state index contributed by atoms with van der Waals surface area (Å²) >= 11 is 6.30. The van der Waals surface area contributed by atoms with Crippen molar-refractivity contribution in [3.63, 3.8) is 0 Å². The van der Waals surface area contributed by atoms with Crippen molar-refractivity contribution in [3.05, 3.63) is 80.7 Å². The number of carbonyl (C=O) groups excluding carboxylic acids is 1. The first-order chi connectivity index (χ1) is 14.5. The second-order valence-corrected chi connectivity index (χ2v) is 7.29. The van der Waals surface area contributed by atoms with Crippen molar-refractivity contribution in [1.29, 1.82) is 0 Å². The third-order valence-electron chi connectivity index (χ3n) is 4.64. The Hall–Kier alpha value is -3.32. The van der Waals surface area contributed by atoms with Gasteiger partial charge < -0.3 is 14.8 Å². The predicted molar refractivity (Wildman–Crippen MR) is 113 cm³/mol. The number of halogens is 1. The van der Waals surface area contributed by atoms with E-state index in [-0.39, 0.29) is 12.2 Å². The summed E-state index contributed by atoms with van der Waals surface area (Å²) in [6.07, 6.45) is 0.768. The molecule has 1 amide bonds. The van der Waals surface area contributed by atoms with Crippen molar-refractivity contribution in [1.82, 2.24) is 15.1 Å². The number of ether oxygens (including phenoxy) is 2. The quantitative estimate of drug-likeness (QED) is 0.693. The first-order valence-electron chi connectivity index (χ1n) is 9.55. The molecule has 30 heavy (non-hydrogen) atoms. The second kappa shape index (κ2) is 8.59. The number of nitrogens with one attached hydrogen (secondary N) is 1. The van der Waals surface area contributed by atoms with E-state index in [0.717, 1.165) is 17.7 Å². The first kappa shape index (κ1) is 20.0. The van der Waals surface area contributed by atoms with Crippen LogP contribution < -0.4 is 20.2 Å². The van der Waals surface area contributed by atoms with Gasteiger partial charge in [-0.1, -0.05) is 29.8 Å². The number of hydrogen-bond donors (Lipinski definition) is 1. The summed E-state index contributed by atoms with van der Waals surface area (Å²) in [6, 6.07) is 14.2. The Kier molecular flexibility index (Phi) is 5.72. The Balaban J connectivity index is 1.56. The molecule has 0 radical (unpaired) electrons. The second-order valence-electron chi connectivity index (χ2n) is 6.88. The molecule has 1 aromatic heterocycles. The van der Waals surface area contributed by atoms with Gasteiger partial charge in [-0.15, -0.1) is 0 Å². The summed E-state index contributed by atoms with van der Waals surface area (Å²) in [6.45, 7) is 3.00. The van der Waals surface area contributed by atoms with Crippen molar-refractivity contribution in [3.8, 4) is 17.2 Å². The van der Waals surface area contributed by atoms with Gasteiger partial charge >= 0.3 is 0 Å². The molecular formula is C22H20ClN3O4. The topological polar surface area (TPSA) is 82.5 Å². The van der Waals surface area contributed by atoms with E-state index in [9.17, 15) is 9.59 Å². The molecule has 0 fully saturated rings. The standard InChI is InChI=1S/C22H20ClN3O4/c1-14-10-18(27)20(25-26(14)16-6-3-2-4-7-16)22(28)24-13-15-11-17(23)21-19(12-15)29-8-5-9-30-21/h2-4,6-7,10-12H,5,8-9,13H2,1H3,(H,24,28). The lowest BCUT2D eigenvalue weighted by Crippen LogP contribution is -2.31. The molecule has 8 heteroatoms. The minimum atomic E-state index is -0.562. The minimum absolute atomic E-state index is 0.162. The van der Waals surface area contributed by atoms with Crippen molar-refractivity contribution in [2.75, 3.05) is 13.2 Å². The van der Waals surface area contributed by atoms with Crippen LogP contribution in [-0.4, -0.2) is 28.9 Å². The molecule has 4 rings (SSSR count). The van der Waals surface area contributed by atoms with E-state index < -0.39 is 11.3 Å². The lowest BCUT2D eigenvalue weighted by atomic mass is 10.2. The summed E-state index contributed by atoms with van der Waals surface area (Å²) in [5.41, 5.74) is 1.52. The fourth-order valence-corrected chi connectivity index (χ4v) is 3.48. The predicted octanol–water partition coefficient (Wildman–Crippen LogP) is 3.29. The highest BCUT2D eigenvalue weighted by Crippen LogP contribution is 2.37. The van der Waals surface area contributed by atoms with E-state index in [0.29, 0.717) is 35.4 Å². The van der Waals surface area contributed by atoms with Crippen LogP contribution in [0.2, 0.25) is 5.02 Å². The number of carbonyl (C=O) groups is 1. The molecule has 1 N–H and O–H groups in total. The molecule has 154 valence electrons. The summed E-state index contributed by atoms with van der Waals surface area (Å²) < 4.78 is 12.9. The Morgan fingerprint density at radius 1 is 1.17 bits per heavy atom. The lowest BCUT2D eigenvalue weighted by Gasteiger charge is -2.13. The Labute approximate surface area is 178 Å². The van der Waals surface area contributed by atoms with Crippen molar-refractivity contribution >= 4 is 17.5 Å². The highest BCUT2D eigenvalue weighted by Gasteiger charge is 2.18. The van der Waals surface area contributed by atoms with Crippen LogP contribution in [0.25, 0.3) is 5.69 Å². The maximum absolute atomic E-state index is 12.7. The van der Waals surface area contributed by atoms with Gasteiger partial charge in [-0.2, -0.15) is 5.10 Å². The van der Waals surface area contributed by atoms with Crippen LogP contribution in [0.4, 0.5) is 0 Å². The summed E-state index contributed by atoms with van der Waals surface area (Å²) in [4.78, 5) is 25.1. The molecule has 0 saturated heterocycles. The van der Waals surface area contributed by atoms with Gasteiger partial charge in [0.2, 0.25) is 5.43 Å². The number of nitrogens with zero attached hydrogens (tertiary/aromatic N) is 2. The van der Waals surface area contributed by atoms with Crippen LogP contribution in [0.1, 0.15) is 28.2 Å². The fourth-order valence-electron chi connectivity index (χ4n) is 3.19. The van der Waals surface area contributed by atoms with Crippen LogP contribution in [-0.2, 0) is 6.54 Å². The van der Waals surface area contributed by atoms with Gasteiger partial charge in [0.25, 0.3) is 5.91 Å². The maximum atomic E-state index is 12.7. The molecule has 0 atom stereocenters. The molecule has 0 unspecified atom stereocenters. The first-order valence-corrected chi connectivity index (χ1v) is 9.93. The maximum Gasteiger partial charge on any atom is 0.276 e. The van der Waals surface area contributed by atoms with Crippen LogP contribution in [0.5, 0.6) is 11.5 Å².